The summed E-state index contributed by atoms with van der Waals surface area (Å²) in [5.41, 5.74) is 6.32. The molecule has 0 spiro atoms. The Morgan fingerprint density at radius 1 is 1.42 bits per heavy atom. The van der Waals surface area contributed by atoms with Gasteiger partial charge in [0.2, 0.25) is 11.5 Å². The molecule has 0 atom stereocenters. The number of nitrogens with two attached hydrogens (primary N) is 2. The van der Waals surface area contributed by atoms with Crippen LogP contribution in [0.15, 0.2) is 16.8 Å². The molecule has 0 fully saturated rings. The number of quaternary nitrogens is 1. The van der Waals surface area contributed by atoms with Crippen LogP contribution in [0.25, 0.3) is 0 Å². The lowest BCUT2D eigenvalue weighted by Crippen LogP contribution is -2.84. The molecule has 0 radical (unpaired) electrons. The van der Waals surface area contributed by atoms with Crippen LogP contribution < -0.4 is 21.1 Å². The number of nitrogens with zero attached hydrogens (tertiary/aromatic N) is 2. The van der Waals surface area contributed by atoms with Gasteiger partial charge in [0.05, 0.1) is 30.3 Å². The first-order valence-electron chi connectivity index (χ1n) is 7.31. The number of carbonyl (C=O) groups is 1. The molecule has 0 saturated carbocycles. The highest BCUT2D eigenvalue weighted by molar-refractivity contribution is 6.35. The van der Waals surface area contributed by atoms with Gasteiger partial charge >= 0.3 is 0 Å². The number of amides is 1. The summed E-state index contributed by atoms with van der Waals surface area (Å²) in [4.78, 5) is 11.8. The Morgan fingerprint density at radius 2 is 2.21 bits per heavy atom. The maximum absolute atomic E-state index is 11.8. The van der Waals surface area contributed by atoms with Crippen LogP contribution in [-0.2, 0) is 6.54 Å². The minimum atomic E-state index is -0.428. The second-order valence-electron chi connectivity index (χ2n) is 4.84. The van der Waals surface area contributed by atoms with Crippen molar-refractivity contribution < 1.29 is 19.5 Å². The van der Waals surface area contributed by atoms with Crippen molar-refractivity contribution in [3.63, 3.8) is 0 Å². The maximum Gasteiger partial charge on any atom is 0.277 e. The van der Waals surface area contributed by atoms with Crippen LogP contribution in [0.3, 0.4) is 0 Å². The molecule has 2 aromatic rings. The van der Waals surface area contributed by atoms with Crippen LogP contribution in [-0.4, -0.2) is 35.9 Å². The highest BCUT2D eigenvalue weighted by Gasteiger charge is 2.15. The molecule has 130 valence electrons. The average molecular weight is 375 g/mol. The smallest absolute Gasteiger partial charge is 0.277 e. The third-order valence-corrected chi connectivity index (χ3v) is 3.60. The van der Waals surface area contributed by atoms with E-state index in [9.17, 15) is 4.79 Å². The lowest BCUT2D eigenvalue weighted by Gasteiger charge is -2.12. The molecule has 2 rings (SSSR count). The number of anilines is 1. The quantitative estimate of drug-likeness (QED) is 0.589. The van der Waals surface area contributed by atoms with Crippen molar-refractivity contribution in [2.75, 3.05) is 25.4 Å². The van der Waals surface area contributed by atoms with Crippen LogP contribution in [0.5, 0.6) is 5.75 Å². The Morgan fingerprint density at radius 3 is 2.88 bits per heavy atom. The molecule has 0 aliphatic heterocycles. The molecule has 24 heavy (non-hydrogen) atoms. The number of aromatic nitrogens is 2. The number of carbonyl (C=O) groups excluding carboxylic acids is 1. The molecule has 8 nitrogen and oxygen atoms in total. The second-order valence-corrected chi connectivity index (χ2v) is 5.69. The van der Waals surface area contributed by atoms with Gasteiger partial charge in [0.1, 0.15) is 12.3 Å². The molecule has 0 aliphatic carbocycles. The average Bonchev–Trinajstić information content (AvgIpc) is 2.96. The van der Waals surface area contributed by atoms with Crippen molar-refractivity contribution in [1.82, 2.24) is 15.6 Å². The van der Waals surface area contributed by atoms with Crippen LogP contribution >= 0.6 is 23.2 Å². The fourth-order valence-electron chi connectivity index (χ4n) is 2.05. The van der Waals surface area contributed by atoms with Gasteiger partial charge in [-0.2, -0.15) is 0 Å². The number of hydrogen-bond acceptors (Lipinski definition) is 6. The van der Waals surface area contributed by atoms with E-state index in [1.165, 1.54) is 0 Å². The van der Waals surface area contributed by atoms with Crippen molar-refractivity contribution in [2.45, 2.75) is 13.5 Å². The first kappa shape index (κ1) is 18.3. The number of halogens is 2. The van der Waals surface area contributed by atoms with Gasteiger partial charge in [0.25, 0.3) is 5.91 Å². The topological polar surface area (TPSA) is 120 Å². The first-order chi connectivity index (χ1) is 11.5. The minimum Gasteiger partial charge on any atom is -0.492 e. The van der Waals surface area contributed by atoms with Gasteiger partial charge in [-0.1, -0.05) is 23.2 Å². The van der Waals surface area contributed by atoms with E-state index in [-0.39, 0.29) is 11.5 Å². The number of ether oxygens (including phenoxy) is 1. The van der Waals surface area contributed by atoms with Crippen molar-refractivity contribution >= 4 is 34.9 Å². The molecule has 1 heterocycles. The Kier molecular flexibility index (Phi) is 6.65. The Balaban J connectivity index is 1.82. The minimum absolute atomic E-state index is 0.0183. The third-order valence-electron chi connectivity index (χ3n) is 3.10. The lowest BCUT2D eigenvalue weighted by atomic mass is 10.2. The van der Waals surface area contributed by atoms with E-state index in [2.05, 4.69) is 20.3 Å². The molecular formula is C14H18Cl2N5O3+. The second kappa shape index (κ2) is 8.72. The molecular weight excluding hydrogens is 357 g/mol. The summed E-state index contributed by atoms with van der Waals surface area (Å²) in [6.07, 6.45) is 0. The Labute approximate surface area is 148 Å². The van der Waals surface area contributed by atoms with Crippen molar-refractivity contribution in [3.8, 4) is 5.75 Å². The van der Waals surface area contributed by atoms with Gasteiger partial charge in [-0.15, -0.1) is 0 Å². The Bertz CT molecular complexity index is 708. The predicted octanol–water partition coefficient (Wildman–Crippen LogP) is 0.851. The highest BCUT2D eigenvalue weighted by atomic mass is 35.5. The van der Waals surface area contributed by atoms with Gasteiger partial charge < -0.3 is 21.1 Å². The van der Waals surface area contributed by atoms with E-state index >= 15 is 0 Å². The fourth-order valence-corrected chi connectivity index (χ4v) is 2.64. The molecule has 1 aromatic carbocycles. The van der Waals surface area contributed by atoms with E-state index < -0.39 is 5.91 Å². The van der Waals surface area contributed by atoms with E-state index in [0.29, 0.717) is 42.0 Å². The number of hydrogen-bond donors (Lipinski definition) is 3. The maximum atomic E-state index is 11.8. The van der Waals surface area contributed by atoms with E-state index in [0.717, 1.165) is 5.56 Å². The van der Waals surface area contributed by atoms with E-state index in [1.807, 2.05) is 18.3 Å². The normalized spacial score (nSPS) is 10.6. The van der Waals surface area contributed by atoms with Crippen molar-refractivity contribution in [3.05, 3.63) is 33.4 Å². The summed E-state index contributed by atoms with van der Waals surface area (Å²) < 4.78 is 9.94. The van der Waals surface area contributed by atoms with Crippen LogP contribution in [0.1, 0.15) is 23.0 Å². The van der Waals surface area contributed by atoms with E-state index in [4.69, 9.17) is 33.7 Å². The monoisotopic (exact) mass is 374 g/mol. The molecule has 0 unspecified atom stereocenters. The number of benzene rings is 1. The van der Waals surface area contributed by atoms with Gasteiger partial charge in [0.15, 0.2) is 0 Å². The largest absolute Gasteiger partial charge is 0.492 e. The molecule has 0 saturated heterocycles. The summed E-state index contributed by atoms with van der Waals surface area (Å²) in [5.74, 6) is 0.166. The number of nitrogen functional groups attached to an aromatic ring is 1. The molecule has 5 N–H and O–H groups in total. The standard InChI is InChI=1S/C14H17Cl2N5O3/c1-2-23-12-8(5-9(15)6-10(12)16)7-18-3-4-19-14(22)11-13(17)21-24-20-11/h5-6,18H,2-4,7H2,1H3,(H2,17,21)(H,19,22)/p+1. The van der Waals surface area contributed by atoms with E-state index in [1.54, 1.807) is 6.07 Å². The molecule has 10 heteroatoms. The van der Waals surface area contributed by atoms with Gasteiger partial charge in [0, 0.05) is 5.02 Å². The molecule has 1 aromatic heterocycles. The zero-order valence-corrected chi connectivity index (χ0v) is 14.5. The third kappa shape index (κ3) is 4.73. The lowest BCUT2D eigenvalue weighted by molar-refractivity contribution is -0.668. The van der Waals surface area contributed by atoms with Crippen molar-refractivity contribution in [2.24, 2.45) is 0 Å². The summed E-state index contributed by atoms with van der Waals surface area (Å²) in [6.45, 7) is 4.06. The molecule has 0 bridgehead atoms. The molecule has 0 aliphatic rings. The zero-order valence-electron chi connectivity index (χ0n) is 13.0. The van der Waals surface area contributed by atoms with Crippen LogP contribution in [0, 0.1) is 0 Å². The number of nitrogens with one attached hydrogen (secondary N) is 1. The zero-order chi connectivity index (χ0) is 17.5. The Hall–Kier alpha value is -2.03. The SMILES string of the molecule is CCOc1c(Cl)cc(Cl)cc1C[NH2+]CCNC(=O)c1nonc1N. The fraction of sp³-hybridized carbons (Fsp3) is 0.357. The van der Waals surface area contributed by atoms with Crippen LogP contribution in [0.4, 0.5) is 5.82 Å². The number of rotatable bonds is 8. The summed E-state index contributed by atoms with van der Waals surface area (Å²) in [7, 11) is 0. The molecule has 1 amide bonds. The van der Waals surface area contributed by atoms with Gasteiger partial charge in [-0.25, -0.2) is 4.63 Å². The summed E-state index contributed by atoms with van der Waals surface area (Å²) >= 11 is 12.2. The summed E-state index contributed by atoms with van der Waals surface area (Å²) in [5, 5.41) is 12.5. The van der Waals surface area contributed by atoms with Crippen LogP contribution in [0.2, 0.25) is 10.0 Å². The van der Waals surface area contributed by atoms with Crippen molar-refractivity contribution in [1.29, 1.82) is 0 Å². The van der Waals surface area contributed by atoms with Gasteiger partial charge in [-0.3, -0.25) is 4.79 Å². The first-order valence-corrected chi connectivity index (χ1v) is 8.07. The highest BCUT2D eigenvalue weighted by Crippen LogP contribution is 2.31. The predicted molar refractivity (Wildman–Crippen MR) is 89.2 cm³/mol. The summed E-state index contributed by atoms with van der Waals surface area (Å²) in [6, 6.07) is 3.46. The van der Waals surface area contributed by atoms with Gasteiger partial charge in [-0.05, 0) is 29.4 Å².